The first kappa shape index (κ1) is 27.6. The van der Waals surface area contributed by atoms with Gasteiger partial charge in [0.15, 0.2) is 0 Å². The predicted molar refractivity (Wildman–Crippen MR) is 135 cm³/mol. The Morgan fingerprint density at radius 2 is 1.81 bits per heavy atom. The fourth-order valence-corrected chi connectivity index (χ4v) is 5.66. The van der Waals surface area contributed by atoms with E-state index in [1.165, 1.54) is 0 Å². The van der Waals surface area contributed by atoms with Gasteiger partial charge in [0, 0.05) is 5.92 Å². The number of nitrogens with zero attached hydrogens (tertiary/aromatic N) is 1. The number of carbonyl (C=O) groups is 3. The molecule has 3 rings (SSSR count). The largest absolute Gasteiger partial charge is 0.507 e. The van der Waals surface area contributed by atoms with Crippen molar-refractivity contribution in [3.05, 3.63) is 45.5 Å². The van der Waals surface area contributed by atoms with Crippen molar-refractivity contribution in [2.75, 3.05) is 13.7 Å². The molecule has 196 valence electrons. The third kappa shape index (κ3) is 5.11. The minimum Gasteiger partial charge on any atom is -0.507 e. The van der Waals surface area contributed by atoms with Gasteiger partial charge in [0.2, 0.25) is 11.8 Å². The van der Waals surface area contributed by atoms with Gasteiger partial charge in [-0.25, -0.2) is 4.79 Å². The van der Waals surface area contributed by atoms with E-state index in [1.54, 1.807) is 0 Å². The van der Waals surface area contributed by atoms with Crippen LogP contribution in [0.1, 0.15) is 56.7 Å². The number of aliphatic hydroxyl groups is 2. The molecule has 36 heavy (non-hydrogen) atoms. The molecule has 2 aliphatic rings. The summed E-state index contributed by atoms with van der Waals surface area (Å²) in [5.74, 6) is -3.45. The fraction of sp³-hybridized carbons (Fsp3) is 0.536. The van der Waals surface area contributed by atoms with E-state index >= 15 is 0 Å². The van der Waals surface area contributed by atoms with Gasteiger partial charge in [0.1, 0.15) is 5.75 Å². The zero-order valence-electron chi connectivity index (χ0n) is 21.9. The van der Waals surface area contributed by atoms with Gasteiger partial charge < -0.3 is 20.1 Å². The van der Waals surface area contributed by atoms with Crippen molar-refractivity contribution >= 4 is 24.0 Å². The lowest BCUT2D eigenvalue weighted by atomic mass is 9.66. The number of aryl methyl sites for hydroxylation is 2. The zero-order chi connectivity index (χ0) is 26.9. The number of hydrogen-bond donors (Lipinski definition) is 3. The highest BCUT2D eigenvalue weighted by Gasteiger charge is 2.57. The van der Waals surface area contributed by atoms with Crippen molar-refractivity contribution in [2.24, 2.45) is 23.7 Å². The number of aromatic hydroxyl groups is 1. The molecule has 0 radical (unpaired) electrons. The first-order valence-electron chi connectivity index (χ1n) is 12.4. The smallest absolute Gasteiger partial charge is 0.423 e. The summed E-state index contributed by atoms with van der Waals surface area (Å²) in [5.41, 5.74) is 5.03. The molecule has 8 nitrogen and oxygen atoms in total. The molecule has 8 heteroatoms. The SMILES string of the molecule is COC(=O)N1C(=O)[C@@H]2[C@@H](CC(C(C)C)=C([C@H](O)CC/C(C)=C/c3cc(C)c(O)c(C)c3)[C@@H]2CO)C1=O. The minimum atomic E-state index is -1.02. The summed E-state index contributed by atoms with van der Waals surface area (Å²) < 4.78 is 4.63. The number of rotatable bonds is 7. The van der Waals surface area contributed by atoms with Crippen molar-refractivity contribution in [1.82, 2.24) is 4.90 Å². The summed E-state index contributed by atoms with van der Waals surface area (Å²) in [6.07, 6.45) is 1.28. The Kier molecular flexibility index (Phi) is 8.41. The summed E-state index contributed by atoms with van der Waals surface area (Å²) in [7, 11) is 1.11. The average Bonchev–Trinajstić information content (AvgIpc) is 3.08. The Hall–Kier alpha value is -2.97. The maximum atomic E-state index is 13.1. The van der Waals surface area contributed by atoms with Crippen LogP contribution in [0.5, 0.6) is 5.75 Å². The van der Waals surface area contributed by atoms with Crippen LogP contribution in [0.3, 0.4) is 0 Å². The van der Waals surface area contributed by atoms with Crippen LogP contribution in [0.15, 0.2) is 28.9 Å². The Morgan fingerprint density at radius 3 is 2.33 bits per heavy atom. The number of phenols is 1. The first-order chi connectivity index (χ1) is 16.9. The quantitative estimate of drug-likeness (QED) is 0.384. The van der Waals surface area contributed by atoms with Crippen LogP contribution in [-0.4, -0.2) is 57.9 Å². The molecular formula is C28H37NO7. The number of aliphatic hydroxyl groups excluding tert-OH is 2. The second kappa shape index (κ2) is 11.0. The van der Waals surface area contributed by atoms with E-state index in [2.05, 4.69) is 4.74 Å². The molecule has 1 aromatic carbocycles. The molecule has 1 fully saturated rings. The molecule has 4 atom stereocenters. The monoisotopic (exact) mass is 499 g/mol. The second-order valence-corrected chi connectivity index (χ2v) is 10.3. The van der Waals surface area contributed by atoms with Gasteiger partial charge in [-0.1, -0.05) is 31.1 Å². The van der Waals surface area contributed by atoms with Gasteiger partial charge in [0.25, 0.3) is 0 Å². The molecule has 0 spiro atoms. The van der Waals surface area contributed by atoms with Crippen molar-refractivity contribution in [3.8, 4) is 5.75 Å². The number of imide groups is 3. The zero-order valence-corrected chi connectivity index (χ0v) is 21.9. The molecule has 1 heterocycles. The maximum absolute atomic E-state index is 13.1. The van der Waals surface area contributed by atoms with Crippen LogP contribution in [0.4, 0.5) is 4.79 Å². The van der Waals surface area contributed by atoms with E-state index in [-0.39, 0.29) is 18.1 Å². The highest BCUT2D eigenvalue weighted by molar-refractivity contribution is 6.16. The van der Waals surface area contributed by atoms with Crippen molar-refractivity contribution in [3.63, 3.8) is 0 Å². The number of benzene rings is 1. The Labute approximate surface area is 212 Å². The van der Waals surface area contributed by atoms with E-state index in [4.69, 9.17) is 0 Å². The van der Waals surface area contributed by atoms with E-state index in [9.17, 15) is 29.7 Å². The summed E-state index contributed by atoms with van der Waals surface area (Å²) in [6, 6.07) is 3.81. The van der Waals surface area contributed by atoms with Gasteiger partial charge in [-0.2, -0.15) is 4.90 Å². The van der Waals surface area contributed by atoms with E-state index < -0.39 is 48.4 Å². The van der Waals surface area contributed by atoms with Gasteiger partial charge in [-0.3, -0.25) is 9.59 Å². The summed E-state index contributed by atoms with van der Waals surface area (Å²) in [4.78, 5) is 38.7. The second-order valence-electron chi connectivity index (χ2n) is 10.3. The molecule has 1 aliphatic heterocycles. The number of methoxy groups -OCH3 is 1. The lowest BCUT2D eigenvalue weighted by molar-refractivity contribution is -0.137. The predicted octanol–water partition coefficient (Wildman–Crippen LogP) is 3.89. The number of ether oxygens (including phenoxy) is 1. The normalized spacial score (nSPS) is 23.4. The van der Waals surface area contributed by atoms with Crippen LogP contribution in [0, 0.1) is 37.5 Å². The summed E-state index contributed by atoms with van der Waals surface area (Å²) >= 11 is 0. The van der Waals surface area contributed by atoms with Gasteiger partial charge in [0.05, 0.1) is 31.7 Å². The molecule has 1 aromatic rings. The molecule has 3 N–H and O–H groups in total. The molecule has 1 saturated heterocycles. The molecule has 0 saturated carbocycles. The van der Waals surface area contributed by atoms with Crippen LogP contribution in [0.2, 0.25) is 0 Å². The molecule has 0 aromatic heterocycles. The highest BCUT2D eigenvalue weighted by atomic mass is 16.5. The van der Waals surface area contributed by atoms with Crippen molar-refractivity contribution in [1.29, 1.82) is 0 Å². The number of carbonyl (C=O) groups excluding carboxylic acids is 3. The van der Waals surface area contributed by atoms with Gasteiger partial charge >= 0.3 is 6.09 Å². The van der Waals surface area contributed by atoms with Crippen molar-refractivity contribution in [2.45, 2.75) is 60.0 Å². The van der Waals surface area contributed by atoms with E-state index in [0.29, 0.717) is 23.3 Å². The van der Waals surface area contributed by atoms with Gasteiger partial charge in [-0.05, 0) is 80.3 Å². The standard InChI is InChI=1S/C28H37NO7/c1-14(2)19-12-20-24(27(34)29(26(20)33)28(35)36-6)21(13-30)23(19)22(31)8-7-15(3)9-18-10-16(4)25(32)17(5)11-18/h9-11,14,20-22,24,30-32H,7-8,12-13H2,1-6H3/b15-9+/t20-,21+,22-,24-/m1/s1. The number of fused-ring (bicyclic) bond motifs is 1. The molecule has 0 bridgehead atoms. The number of allylic oxidation sites excluding steroid dienone is 2. The highest BCUT2D eigenvalue weighted by Crippen LogP contribution is 2.48. The molecule has 3 amide bonds. The maximum Gasteiger partial charge on any atom is 0.423 e. The number of likely N-dealkylation sites (tertiary alicyclic amines) is 1. The average molecular weight is 500 g/mol. The van der Waals surface area contributed by atoms with E-state index in [0.717, 1.165) is 34.9 Å². The first-order valence-corrected chi connectivity index (χ1v) is 12.4. The third-order valence-electron chi connectivity index (χ3n) is 7.47. The molecule has 1 aliphatic carbocycles. The van der Waals surface area contributed by atoms with Crippen molar-refractivity contribution < 1.29 is 34.4 Å². The summed E-state index contributed by atoms with van der Waals surface area (Å²) in [6.45, 7) is 9.16. The Balaban J connectivity index is 1.87. The number of hydrogen-bond acceptors (Lipinski definition) is 7. The Bertz CT molecular complexity index is 1090. The minimum absolute atomic E-state index is 0.0145. The number of phenolic OH excluding ortho intramolecular Hbond substituents is 1. The van der Waals surface area contributed by atoms with Gasteiger partial charge in [-0.15, -0.1) is 0 Å². The topological polar surface area (TPSA) is 124 Å². The van der Waals surface area contributed by atoms with Crippen LogP contribution in [0.25, 0.3) is 6.08 Å². The van der Waals surface area contributed by atoms with Crippen LogP contribution < -0.4 is 0 Å². The van der Waals surface area contributed by atoms with E-state index in [1.807, 2.05) is 52.8 Å². The molecule has 0 unspecified atom stereocenters. The fourth-order valence-electron chi connectivity index (χ4n) is 5.66. The lowest BCUT2D eigenvalue weighted by Crippen LogP contribution is -2.40. The Morgan fingerprint density at radius 1 is 1.19 bits per heavy atom. The summed E-state index contributed by atoms with van der Waals surface area (Å²) in [5, 5.41) is 31.6. The number of amides is 3. The van der Waals surface area contributed by atoms with Crippen LogP contribution >= 0.6 is 0 Å². The third-order valence-corrected chi connectivity index (χ3v) is 7.47. The lowest BCUT2D eigenvalue weighted by Gasteiger charge is -2.38. The molecular weight excluding hydrogens is 462 g/mol. The van der Waals surface area contributed by atoms with Crippen LogP contribution in [-0.2, 0) is 14.3 Å².